The molecule has 0 N–H and O–H groups in total. The predicted octanol–water partition coefficient (Wildman–Crippen LogP) is 10.9. The van der Waals surface area contributed by atoms with Crippen molar-refractivity contribution in [2.45, 2.75) is 0 Å². The van der Waals surface area contributed by atoms with Crippen LogP contribution in [0.4, 0.5) is 0 Å². The van der Waals surface area contributed by atoms with E-state index in [1.54, 1.807) is 0 Å². The van der Waals surface area contributed by atoms with Gasteiger partial charge in [0.1, 0.15) is 0 Å². The second kappa shape index (κ2) is 24.6. The fraction of sp³-hybridized carbons (Fsp3) is 0. The van der Waals surface area contributed by atoms with Crippen LogP contribution in [-0.2, 0) is 52.4 Å². The Morgan fingerprint density at radius 2 is 0.375 bits per heavy atom. The predicted molar refractivity (Wildman–Crippen MR) is 260 cm³/mol. The molecule has 0 unspecified atom stereocenters. The molecule has 12 aromatic carbocycles. The first-order chi connectivity index (χ1) is 29.7. The third-order valence-corrected chi connectivity index (χ3v) is 10.9. The van der Waals surface area contributed by atoms with E-state index in [9.17, 15) is 0 Å². The maximum Gasteiger partial charge on any atom is 2.00 e. The van der Waals surface area contributed by atoms with E-state index in [-0.39, 0.29) is 77.2 Å². The Balaban J connectivity index is 0.000000157. The van der Waals surface area contributed by atoms with E-state index in [2.05, 4.69) is 243 Å². The number of fused-ring (bicyclic) bond motifs is 4. The minimum Gasteiger partial charge on any atom is -1.00 e. The molecule has 64 heavy (non-hydrogen) atoms. The first-order valence-corrected chi connectivity index (χ1v) is 20.6. The van der Waals surface area contributed by atoms with Crippen molar-refractivity contribution >= 4 is 43.1 Å². The van der Waals surface area contributed by atoms with Gasteiger partial charge in [-0.25, -0.2) is 0 Å². The van der Waals surface area contributed by atoms with E-state index >= 15 is 0 Å². The molecule has 0 saturated carbocycles. The van der Waals surface area contributed by atoms with Crippen LogP contribution in [-0.4, -0.2) is 0 Å². The maximum atomic E-state index is 2.24. The van der Waals surface area contributed by atoms with Crippen molar-refractivity contribution in [2.24, 2.45) is 0 Å². The van der Waals surface area contributed by atoms with Gasteiger partial charge in [0.25, 0.3) is 0 Å². The van der Waals surface area contributed by atoms with Crippen LogP contribution >= 0.6 is 0 Å². The van der Waals surface area contributed by atoms with Gasteiger partial charge in [-0.1, -0.05) is 216 Å². The molecule has 0 bridgehead atoms. The zero-order valence-electron chi connectivity index (χ0n) is 35.2. The van der Waals surface area contributed by atoms with Crippen LogP contribution in [0.3, 0.4) is 0 Å². The number of hydrogen-bond acceptors (Lipinski definition) is 0. The SMILES string of the molecule is [Cl-].[Cl-].[Zr+2].[Zr+2].c1ccc(-c2cc3ccccc3[cH-]2)cc1.c1ccc(-c2cc3ccccc3[cH-]2)cc1.c1ccc(-c2cc3ccccc3[cH-]2)cc1.c1ccc(-c2cc3ccccc3[cH-]2)cc1. The first kappa shape index (κ1) is 49.6. The largest absolute Gasteiger partial charge is 2.00 e. The Kier molecular flexibility index (Phi) is 19.0. The van der Waals surface area contributed by atoms with E-state index < -0.39 is 0 Å². The standard InChI is InChI=1S/4C15H11.2ClH.2Zr/c4*1-2-6-12(7-3-1)15-10-13-8-4-5-9-14(13)11-15;;;;/h4*1-11H;2*1H;;/q4*-1;;;2*+2/p-2. The van der Waals surface area contributed by atoms with Gasteiger partial charge in [-0.2, -0.15) is 0 Å². The van der Waals surface area contributed by atoms with Crippen molar-refractivity contribution in [3.8, 4) is 44.5 Å². The van der Waals surface area contributed by atoms with Crippen LogP contribution in [0.2, 0.25) is 0 Å². The Morgan fingerprint density at radius 3 is 0.562 bits per heavy atom. The van der Waals surface area contributed by atoms with Gasteiger partial charge in [0.05, 0.1) is 0 Å². The van der Waals surface area contributed by atoms with Gasteiger partial charge in [-0.3, -0.25) is 0 Å². The summed E-state index contributed by atoms with van der Waals surface area (Å²) in [4.78, 5) is 0. The van der Waals surface area contributed by atoms with Crippen molar-refractivity contribution in [1.82, 2.24) is 0 Å². The summed E-state index contributed by atoms with van der Waals surface area (Å²) in [6.07, 6.45) is 0. The summed E-state index contributed by atoms with van der Waals surface area (Å²) in [6.45, 7) is 0. The topological polar surface area (TPSA) is 0 Å². The Hall–Kier alpha value is -5.45. The molecule has 0 aliphatic carbocycles. The summed E-state index contributed by atoms with van der Waals surface area (Å²) in [7, 11) is 0. The van der Waals surface area contributed by atoms with Crippen LogP contribution in [0.5, 0.6) is 0 Å². The van der Waals surface area contributed by atoms with Crippen molar-refractivity contribution in [3.05, 3.63) is 267 Å². The van der Waals surface area contributed by atoms with Crippen molar-refractivity contribution in [3.63, 3.8) is 0 Å². The molecule has 0 aliphatic heterocycles. The zero-order chi connectivity index (χ0) is 40.4. The van der Waals surface area contributed by atoms with Gasteiger partial charge in [-0.05, 0) is 0 Å². The Bertz CT molecular complexity index is 2620. The molecule has 0 aromatic heterocycles. The fourth-order valence-corrected chi connectivity index (χ4v) is 7.79. The quantitative estimate of drug-likeness (QED) is 0.154. The minimum absolute atomic E-state index is 0. The van der Waals surface area contributed by atoms with Crippen LogP contribution in [0.25, 0.3) is 87.6 Å². The molecule has 4 heteroatoms. The number of rotatable bonds is 4. The first-order valence-electron chi connectivity index (χ1n) is 20.6. The third-order valence-electron chi connectivity index (χ3n) is 10.9. The van der Waals surface area contributed by atoms with Gasteiger partial charge in [0.15, 0.2) is 0 Å². The summed E-state index contributed by atoms with van der Waals surface area (Å²) in [5.41, 5.74) is 10.4. The van der Waals surface area contributed by atoms with Gasteiger partial charge in [-0.15, -0.1) is 138 Å². The average molecular weight is 1020 g/mol. The second-order valence-corrected chi connectivity index (χ2v) is 15.0. The van der Waals surface area contributed by atoms with Crippen molar-refractivity contribution in [2.75, 3.05) is 0 Å². The molecule has 0 fully saturated rings. The fourth-order valence-electron chi connectivity index (χ4n) is 7.79. The molecular weight excluding hydrogens is 974 g/mol. The summed E-state index contributed by atoms with van der Waals surface area (Å²) < 4.78 is 0. The molecule has 0 saturated heterocycles. The van der Waals surface area contributed by atoms with Gasteiger partial charge in [0, 0.05) is 0 Å². The van der Waals surface area contributed by atoms with Crippen molar-refractivity contribution in [1.29, 1.82) is 0 Å². The summed E-state index contributed by atoms with van der Waals surface area (Å²) in [5, 5.41) is 10.5. The molecule has 0 radical (unpaired) electrons. The number of benzene rings is 8. The van der Waals surface area contributed by atoms with Gasteiger partial charge < -0.3 is 24.8 Å². The van der Waals surface area contributed by atoms with E-state index in [1.807, 2.05) is 24.3 Å². The second-order valence-electron chi connectivity index (χ2n) is 15.0. The van der Waals surface area contributed by atoms with E-state index in [0.717, 1.165) is 0 Å². The van der Waals surface area contributed by atoms with Crippen LogP contribution in [0.1, 0.15) is 0 Å². The number of hydrogen-bond donors (Lipinski definition) is 0. The smallest absolute Gasteiger partial charge is 1.00 e. The zero-order valence-corrected chi connectivity index (χ0v) is 41.6. The van der Waals surface area contributed by atoms with E-state index in [1.165, 1.54) is 87.6 Å². The van der Waals surface area contributed by atoms with E-state index in [4.69, 9.17) is 0 Å². The normalized spacial score (nSPS) is 10.0. The van der Waals surface area contributed by atoms with Crippen molar-refractivity contribution < 1.29 is 77.2 Å². The molecular formula is C60H44Cl2Zr2-2. The monoisotopic (exact) mass is 1010 g/mol. The molecule has 12 aromatic rings. The minimum atomic E-state index is 0. The Labute approximate surface area is 427 Å². The molecule has 0 heterocycles. The summed E-state index contributed by atoms with van der Waals surface area (Å²) in [6, 6.07) is 93.8. The van der Waals surface area contributed by atoms with Crippen LogP contribution in [0, 0.1) is 0 Å². The molecule has 0 aliphatic rings. The molecule has 0 atom stereocenters. The van der Waals surface area contributed by atoms with Gasteiger partial charge in [0.2, 0.25) is 0 Å². The van der Waals surface area contributed by atoms with Gasteiger partial charge >= 0.3 is 52.4 Å². The van der Waals surface area contributed by atoms with E-state index in [0.29, 0.717) is 0 Å². The van der Waals surface area contributed by atoms with Crippen LogP contribution in [0.15, 0.2) is 267 Å². The third kappa shape index (κ3) is 12.4. The maximum absolute atomic E-state index is 2.24. The molecule has 0 nitrogen and oxygen atoms in total. The summed E-state index contributed by atoms with van der Waals surface area (Å²) >= 11 is 0. The number of halogens is 2. The molecule has 0 spiro atoms. The average Bonchev–Trinajstić information content (AvgIpc) is 4.15. The summed E-state index contributed by atoms with van der Waals surface area (Å²) in [5.74, 6) is 0. The molecule has 0 amide bonds. The molecule has 308 valence electrons. The Morgan fingerprint density at radius 1 is 0.203 bits per heavy atom. The van der Waals surface area contributed by atoms with Crippen LogP contribution < -0.4 is 24.8 Å². The molecule has 12 rings (SSSR count).